The Bertz CT molecular complexity index is 1510. The number of amides is 1. The van der Waals surface area contributed by atoms with Gasteiger partial charge in [-0.2, -0.15) is 0 Å². The lowest BCUT2D eigenvalue weighted by Crippen LogP contribution is -2.43. The second-order valence-electron chi connectivity index (χ2n) is 9.13. The van der Waals surface area contributed by atoms with Crippen LogP contribution in [-0.4, -0.2) is 57.6 Å². The molecule has 6 rings (SSSR count). The highest BCUT2D eigenvalue weighted by Gasteiger charge is 2.21. The normalized spacial score (nSPS) is 16.8. The van der Waals surface area contributed by atoms with Crippen LogP contribution in [0.3, 0.4) is 0 Å². The number of piperidine rings is 1. The number of anilines is 1. The maximum atomic E-state index is 14.0. The predicted molar refractivity (Wildman–Crippen MR) is 130 cm³/mol. The zero-order valence-electron chi connectivity index (χ0n) is 19.5. The van der Waals surface area contributed by atoms with Crippen molar-refractivity contribution in [2.45, 2.75) is 32.0 Å². The summed E-state index contributed by atoms with van der Waals surface area (Å²) in [6.45, 7) is 3.49. The molecule has 1 saturated heterocycles. The zero-order chi connectivity index (χ0) is 24.6. The van der Waals surface area contributed by atoms with Crippen molar-refractivity contribution in [3.63, 3.8) is 0 Å². The fourth-order valence-electron chi connectivity index (χ4n) is 4.92. The van der Waals surface area contributed by atoms with Crippen molar-refractivity contribution in [3.8, 4) is 5.75 Å². The lowest BCUT2D eigenvalue weighted by atomic mass is 10.0. The molecule has 0 saturated carbocycles. The lowest BCUT2D eigenvalue weighted by molar-refractivity contribution is -0.118. The highest BCUT2D eigenvalue weighted by molar-refractivity contribution is 6.00. The Kier molecular flexibility index (Phi) is 5.86. The Hall–Kier alpha value is -3.83. The van der Waals surface area contributed by atoms with Crippen LogP contribution in [0.2, 0.25) is 0 Å². The number of carbonyl (C=O) groups excluding carboxylic acids is 1. The first kappa shape index (κ1) is 22.6. The number of pyridine rings is 2. The molecule has 186 valence electrons. The molecule has 5 heterocycles. The number of benzene rings is 1. The number of likely N-dealkylation sites (tertiary alicyclic amines) is 1. The van der Waals surface area contributed by atoms with Gasteiger partial charge in [-0.1, -0.05) is 0 Å². The molecule has 36 heavy (non-hydrogen) atoms. The summed E-state index contributed by atoms with van der Waals surface area (Å²) in [5.41, 5.74) is 1.73. The van der Waals surface area contributed by atoms with Gasteiger partial charge < -0.3 is 29.3 Å². The topological polar surface area (TPSA) is 115 Å². The van der Waals surface area contributed by atoms with E-state index in [1.807, 2.05) is 12.1 Å². The Morgan fingerprint density at radius 3 is 2.86 bits per heavy atom. The van der Waals surface area contributed by atoms with Crippen molar-refractivity contribution in [2.24, 2.45) is 0 Å². The van der Waals surface area contributed by atoms with Gasteiger partial charge in [-0.05, 0) is 56.3 Å². The molecule has 0 bridgehead atoms. The maximum absolute atomic E-state index is 14.0. The van der Waals surface area contributed by atoms with Crippen molar-refractivity contribution in [1.29, 1.82) is 0 Å². The number of nitrogens with one attached hydrogen (secondary N) is 2. The van der Waals surface area contributed by atoms with Crippen LogP contribution in [0.1, 0.15) is 18.5 Å². The van der Waals surface area contributed by atoms with Crippen LogP contribution in [0.15, 0.2) is 45.9 Å². The molecule has 0 radical (unpaired) electrons. The third-order valence-electron chi connectivity index (χ3n) is 6.84. The summed E-state index contributed by atoms with van der Waals surface area (Å²) < 4.78 is 26.4. The molecule has 1 amide bonds. The molecular formula is C25H25FN6O4. The first-order chi connectivity index (χ1) is 17.5. The molecule has 2 aliphatic rings. The summed E-state index contributed by atoms with van der Waals surface area (Å²) in [4.78, 5) is 35.4. The SMILES string of the molecule is O=C1COc2ccc(CNC3CCN(CCn4c(=O)c5ncoc5c5ccc(F)cc54)CC3)nc2N1. The van der Waals surface area contributed by atoms with Gasteiger partial charge in [-0.3, -0.25) is 9.59 Å². The summed E-state index contributed by atoms with van der Waals surface area (Å²) >= 11 is 0. The van der Waals surface area contributed by atoms with Crippen molar-refractivity contribution in [2.75, 3.05) is 31.6 Å². The number of oxazole rings is 1. The van der Waals surface area contributed by atoms with Crippen LogP contribution < -0.4 is 20.9 Å². The zero-order valence-corrected chi connectivity index (χ0v) is 19.5. The van der Waals surface area contributed by atoms with Gasteiger partial charge in [-0.25, -0.2) is 14.4 Å². The molecule has 2 aliphatic heterocycles. The van der Waals surface area contributed by atoms with Crippen molar-refractivity contribution in [1.82, 2.24) is 24.8 Å². The summed E-state index contributed by atoms with van der Waals surface area (Å²) in [5.74, 6) is 0.453. The third kappa shape index (κ3) is 4.31. The number of fused-ring (bicyclic) bond motifs is 4. The Morgan fingerprint density at radius 1 is 1.14 bits per heavy atom. The van der Waals surface area contributed by atoms with Crippen LogP contribution in [0.4, 0.5) is 10.2 Å². The molecule has 1 fully saturated rings. The molecule has 1 aromatic carbocycles. The molecule has 11 heteroatoms. The molecule has 2 N–H and O–H groups in total. The number of nitrogens with zero attached hydrogens (tertiary/aromatic N) is 4. The van der Waals surface area contributed by atoms with E-state index in [4.69, 9.17) is 9.15 Å². The monoisotopic (exact) mass is 492 g/mol. The van der Waals surface area contributed by atoms with Crippen LogP contribution in [0.25, 0.3) is 22.0 Å². The minimum atomic E-state index is -0.398. The van der Waals surface area contributed by atoms with Crippen molar-refractivity contribution < 1.29 is 18.3 Å². The predicted octanol–water partition coefficient (Wildman–Crippen LogP) is 2.26. The second kappa shape index (κ2) is 9.32. The summed E-state index contributed by atoms with van der Waals surface area (Å²) in [5, 5.41) is 6.96. The largest absolute Gasteiger partial charge is 0.480 e. The molecule has 3 aromatic heterocycles. The molecule has 0 aliphatic carbocycles. The molecular weight excluding hydrogens is 467 g/mol. The molecule has 0 unspecified atom stereocenters. The first-order valence-corrected chi connectivity index (χ1v) is 12.0. The lowest BCUT2D eigenvalue weighted by Gasteiger charge is -2.32. The summed E-state index contributed by atoms with van der Waals surface area (Å²) in [6.07, 6.45) is 3.16. The van der Waals surface area contributed by atoms with E-state index in [0.29, 0.717) is 53.7 Å². The maximum Gasteiger partial charge on any atom is 0.280 e. The Balaban J connectivity index is 1.07. The van der Waals surface area contributed by atoms with Gasteiger partial charge in [0.2, 0.25) is 0 Å². The summed E-state index contributed by atoms with van der Waals surface area (Å²) in [7, 11) is 0. The number of hydrogen-bond donors (Lipinski definition) is 2. The van der Waals surface area contributed by atoms with Crippen molar-refractivity contribution >= 4 is 33.7 Å². The van der Waals surface area contributed by atoms with Gasteiger partial charge in [-0.15, -0.1) is 0 Å². The highest BCUT2D eigenvalue weighted by Crippen LogP contribution is 2.26. The minimum Gasteiger partial charge on any atom is -0.480 e. The van der Waals surface area contributed by atoms with Crippen LogP contribution in [0, 0.1) is 5.82 Å². The van der Waals surface area contributed by atoms with Crippen LogP contribution in [0.5, 0.6) is 5.75 Å². The third-order valence-corrected chi connectivity index (χ3v) is 6.84. The fourth-order valence-corrected chi connectivity index (χ4v) is 4.92. The Morgan fingerprint density at radius 2 is 2.00 bits per heavy atom. The van der Waals surface area contributed by atoms with Crippen molar-refractivity contribution in [3.05, 3.63) is 58.6 Å². The van der Waals surface area contributed by atoms with Gasteiger partial charge in [0.05, 0.1) is 11.2 Å². The number of halogens is 1. The smallest absolute Gasteiger partial charge is 0.280 e. The second-order valence-corrected chi connectivity index (χ2v) is 9.13. The standard InChI is InChI=1S/C25H25FN6O4/c26-15-1-3-18-19(11-15)32(25(34)22-23(18)36-14-28-22)10-9-31-7-5-16(6-8-31)27-12-17-2-4-20-24(29-17)30-21(33)13-35-20/h1-4,11,14,16,27H,5-10,12-13H2,(H,29,30,33). The number of hydrogen-bond acceptors (Lipinski definition) is 8. The number of aromatic nitrogens is 3. The first-order valence-electron chi connectivity index (χ1n) is 12.0. The number of ether oxygens (including phenoxy) is 1. The molecule has 4 aromatic rings. The van der Waals surface area contributed by atoms with Crippen LogP contribution >= 0.6 is 0 Å². The fraction of sp³-hybridized carbons (Fsp3) is 0.360. The van der Waals surface area contributed by atoms with E-state index in [1.165, 1.54) is 18.5 Å². The van der Waals surface area contributed by atoms with Gasteiger partial charge in [0.25, 0.3) is 11.5 Å². The van der Waals surface area contributed by atoms with Gasteiger partial charge in [0, 0.05) is 31.1 Å². The minimum absolute atomic E-state index is 0.0153. The molecule has 0 atom stereocenters. The average Bonchev–Trinajstić information content (AvgIpc) is 3.38. The number of carbonyl (C=O) groups is 1. The van der Waals surface area contributed by atoms with E-state index in [0.717, 1.165) is 31.6 Å². The van der Waals surface area contributed by atoms with E-state index < -0.39 is 5.82 Å². The molecule has 10 nitrogen and oxygen atoms in total. The van der Waals surface area contributed by atoms with Crippen LogP contribution in [-0.2, 0) is 17.9 Å². The Labute approximate surface area is 205 Å². The number of rotatable bonds is 6. The van der Waals surface area contributed by atoms with E-state index in [1.54, 1.807) is 10.6 Å². The average molecular weight is 493 g/mol. The summed E-state index contributed by atoms with van der Waals surface area (Å²) in [6, 6.07) is 8.43. The van der Waals surface area contributed by atoms with Gasteiger partial charge >= 0.3 is 0 Å². The van der Waals surface area contributed by atoms with E-state index in [2.05, 4.69) is 25.5 Å². The van der Waals surface area contributed by atoms with Gasteiger partial charge in [0.1, 0.15) is 5.82 Å². The highest BCUT2D eigenvalue weighted by atomic mass is 19.1. The quantitative estimate of drug-likeness (QED) is 0.421. The van der Waals surface area contributed by atoms with Gasteiger partial charge in [0.15, 0.2) is 35.7 Å². The van der Waals surface area contributed by atoms with E-state index >= 15 is 0 Å². The molecule has 0 spiro atoms. The van der Waals surface area contributed by atoms with E-state index in [9.17, 15) is 14.0 Å². The van der Waals surface area contributed by atoms with E-state index in [-0.39, 0.29) is 23.6 Å².